The summed E-state index contributed by atoms with van der Waals surface area (Å²) in [5, 5.41) is 3.36. The van der Waals surface area contributed by atoms with Gasteiger partial charge < -0.3 is 10.2 Å². The molecule has 0 spiro atoms. The zero-order valence-electron chi connectivity index (χ0n) is 12.1. The number of carbonyl (C=O) groups is 1. The van der Waals surface area contributed by atoms with Gasteiger partial charge in [0, 0.05) is 19.6 Å². The molecule has 1 amide bonds. The van der Waals surface area contributed by atoms with Gasteiger partial charge in [0.05, 0.1) is 6.04 Å². The molecule has 1 N–H and O–H groups in total. The van der Waals surface area contributed by atoms with Crippen molar-refractivity contribution in [2.45, 2.75) is 51.7 Å². The number of carbonyl (C=O) groups excluding carboxylic acids is 1. The first-order chi connectivity index (χ1) is 9.13. The predicted molar refractivity (Wildman–Crippen MR) is 77.9 cm³/mol. The van der Waals surface area contributed by atoms with Crippen molar-refractivity contribution in [3.05, 3.63) is 35.4 Å². The molecule has 0 aliphatic carbocycles. The maximum atomic E-state index is 12.5. The highest BCUT2D eigenvalue weighted by Crippen LogP contribution is 2.18. The molecule has 1 aliphatic heterocycles. The van der Waals surface area contributed by atoms with Crippen LogP contribution >= 0.6 is 0 Å². The van der Waals surface area contributed by atoms with Crippen molar-refractivity contribution in [2.75, 3.05) is 7.05 Å². The Balaban J connectivity index is 2.02. The molecule has 1 unspecified atom stereocenters. The van der Waals surface area contributed by atoms with E-state index in [2.05, 4.69) is 43.4 Å². The van der Waals surface area contributed by atoms with Crippen molar-refractivity contribution in [2.24, 2.45) is 0 Å². The molecule has 0 aromatic heterocycles. The van der Waals surface area contributed by atoms with Crippen LogP contribution in [-0.2, 0) is 17.8 Å². The summed E-state index contributed by atoms with van der Waals surface area (Å²) in [6.45, 7) is 5.07. The number of fused-ring (bicyclic) bond motifs is 1. The second-order valence-electron chi connectivity index (χ2n) is 5.49. The summed E-state index contributed by atoms with van der Waals surface area (Å²) in [5.74, 6) is 0.218. The first-order valence-corrected chi connectivity index (χ1v) is 7.20. The van der Waals surface area contributed by atoms with Crippen molar-refractivity contribution in [1.82, 2.24) is 10.2 Å². The smallest absolute Gasteiger partial charge is 0.240 e. The number of rotatable bonds is 4. The number of hydrogen-bond acceptors (Lipinski definition) is 2. The molecule has 1 aromatic carbocycles. The normalized spacial score (nSPS) is 19.6. The SMILES string of the molecule is CCCC(C)N(C)C(=O)[C@@H]1Cc2ccccc2CN1. The summed E-state index contributed by atoms with van der Waals surface area (Å²) in [4.78, 5) is 14.4. The minimum atomic E-state index is -0.0702. The number of benzene rings is 1. The van der Waals surface area contributed by atoms with Gasteiger partial charge in [0.2, 0.25) is 5.91 Å². The fourth-order valence-corrected chi connectivity index (χ4v) is 2.70. The Bertz CT molecular complexity index is 444. The van der Waals surface area contributed by atoms with Crippen LogP contribution in [-0.4, -0.2) is 29.9 Å². The fraction of sp³-hybridized carbons (Fsp3) is 0.562. The molecule has 2 rings (SSSR count). The number of nitrogens with zero attached hydrogens (tertiary/aromatic N) is 1. The minimum absolute atomic E-state index is 0.0702. The summed E-state index contributed by atoms with van der Waals surface area (Å²) in [7, 11) is 1.92. The number of hydrogen-bond donors (Lipinski definition) is 1. The number of likely N-dealkylation sites (N-methyl/N-ethyl adjacent to an activating group) is 1. The molecule has 0 saturated heterocycles. The molecule has 0 fully saturated rings. The van der Waals surface area contributed by atoms with E-state index < -0.39 is 0 Å². The maximum Gasteiger partial charge on any atom is 0.240 e. The average molecular weight is 260 g/mol. The van der Waals surface area contributed by atoms with Crippen molar-refractivity contribution in [3.63, 3.8) is 0 Å². The van der Waals surface area contributed by atoms with Crippen LogP contribution in [0.4, 0.5) is 0 Å². The molecular formula is C16H24N2O. The minimum Gasteiger partial charge on any atom is -0.342 e. The molecule has 0 radical (unpaired) electrons. The molecule has 104 valence electrons. The number of nitrogens with one attached hydrogen (secondary N) is 1. The zero-order valence-corrected chi connectivity index (χ0v) is 12.1. The monoisotopic (exact) mass is 260 g/mol. The lowest BCUT2D eigenvalue weighted by molar-refractivity contribution is -0.134. The highest BCUT2D eigenvalue weighted by Gasteiger charge is 2.27. The molecule has 0 saturated carbocycles. The maximum absolute atomic E-state index is 12.5. The summed E-state index contributed by atoms with van der Waals surface area (Å²) in [6.07, 6.45) is 2.98. The summed E-state index contributed by atoms with van der Waals surface area (Å²) < 4.78 is 0. The van der Waals surface area contributed by atoms with Crippen LogP contribution in [0.2, 0.25) is 0 Å². The second-order valence-corrected chi connectivity index (χ2v) is 5.49. The van der Waals surface area contributed by atoms with E-state index >= 15 is 0 Å². The van der Waals surface area contributed by atoms with Crippen LogP contribution in [0.1, 0.15) is 37.8 Å². The standard InChI is InChI=1S/C16H24N2O/c1-4-7-12(2)18(3)16(19)15-10-13-8-5-6-9-14(13)11-17-15/h5-6,8-9,12,15,17H,4,7,10-11H2,1-3H3/t12?,15-/m0/s1. The van der Waals surface area contributed by atoms with Crippen molar-refractivity contribution < 1.29 is 4.79 Å². The Morgan fingerprint density at radius 1 is 1.42 bits per heavy atom. The predicted octanol–water partition coefficient (Wildman–Crippen LogP) is 2.35. The lowest BCUT2D eigenvalue weighted by Gasteiger charge is -2.32. The first kappa shape index (κ1) is 14.1. The third kappa shape index (κ3) is 3.16. The van der Waals surface area contributed by atoms with Crippen molar-refractivity contribution in [3.8, 4) is 0 Å². The topological polar surface area (TPSA) is 32.3 Å². The quantitative estimate of drug-likeness (QED) is 0.901. The van der Waals surface area contributed by atoms with Crippen LogP contribution in [0.5, 0.6) is 0 Å². The van der Waals surface area contributed by atoms with Crippen LogP contribution in [0.15, 0.2) is 24.3 Å². The first-order valence-electron chi connectivity index (χ1n) is 7.20. The van der Waals surface area contributed by atoms with Crippen LogP contribution in [0, 0.1) is 0 Å². The Labute approximate surface area is 116 Å². The summed E-state index contributed by atoms with van der Waals surface area (Å²) in [5.41, 5.74) is 2.62. The van der Waals surface area contributed by atoms with Gasteiger partial charge in [-0.1, -0.05) is 37.6 Å². The van der Waals surface area contributed by atoms with E-state index in [0.717, 1.165) is 25.8 Å². The second kappa shape index (κ2) is 6.20. The van der Waals surface area contributed by atoms with E-state index in [1.165, 1.54) is 11.1 Å². The highest BCUT2D eigenvalue weighted by atomic mass is 16.2. The molecule has 3 nitrogen and oxygen atoms in total. The fourth-order valence-electron chi connectivity index (χ4n) is 2.70. The third-order valence-electron chi connectivity index (χ3n) is 4.09. The van der Waals surface area contributed by atoms with Gasteiger partial charge >= 0.3 is 0 Å². The van der Waals surface area contributed by atoms with Gasteiger partial charge in [0.15, 0.2) is 0 Å². The van der Waals surface area contributed by atoms with Crippen LogP contribution < -0.4 is 5.32 Å². The van der Waals surface area contributed by atoms with Gasteiger partial charge in [-0.05, 0) is 30.9 Å². The van der Waals surface area contributed by atoms with E-state index in [1.807, 2.05) is 11.9 Å². The Hall–Kier alpha value is -1.35. The number of amides is 1. The lowest BCUT2D eigenvalue weighted by atomic mass is 9.95. The van der Waals surface area contributed by atoms with Gasteiger partial charge in [-0.15, -0.1) is 0 Å². The molecule has 1 aromatic rings. The Kier molecular flexibility index (Phi) is 4.59. The average Bonchev–Trinajstić information content (AvgIpc) is 2.45. The van der Waals surface area contributed by atoms with Crippen LogP contribution in [0.25, 0.3) is 0 Å². The third-order valence-corrected chi connectivity index (χ3v) is 4.09. The molecule has 19 heavy (non-hydrogen) atoms. The highest BCUT2D eigenvalue weighted by molar-refractivity contribution is 5.82. The van der Waals surface area contributed by atoms with Gasteiger partial charge in [-0.3, -0.25) is 4.79 Å². The van der Waals surface area contributed by atoms with Gasteiger partial charge in [0.25, 0.3) is 0 Å². The van der Waals surface area contributed by atoms with E-state index in [4.69, 9.17) is 0 Å². The Morgan fingerprint density at radius 3 is 2.79 bits per heavy atom. The van der Waals surface area contributed by atoms with Gasteiger partial charge in [0.1, 0.15) is 0 Å². The van der Waals surface area contributed by atoms with E-state index in [0.29, 0.717) is 6.04 Å². The largest absolute Gasteiger partial charge is 0.342 e. The van der Waals surface area contributed by atoms with Crippen molar-refractivity contribution in [1.29, 1.82) is 0 Å². The molecule has 3 heteroatoms. The van der Waals surface area contributed by atoms with Crippen LogP contribution in [0.3, 0.4) is 0 Å². The molecule has 1 aliphatic rings. The van der Waals surface area contributed by atoms with E-state index in [-0.39, 0.29) is 11.9 Å². The van der Waals surface area contributed by atoms with Gasteiger partial charge in [-0.25, -0.2) is 0 Å². The summed E-state index contributed by atoms with van der Waals surface area (Å²) >= 11 is 0. The Morgan fingerprint density at radius 2 is 2.11 bits per heavy atom. The molecule has 0 bridgehead atoms. The van der Waals surface area contributed by atoms with E-state index in [9.17, 15) is 4.79 Å². The molecule has 1 heterocycles. The van der Waals surface area contributed by atoms with Crippen molar-refractivity contribution >= 4 is 5.91 Å². The van der Waals surface area contributed by atoms with E-state index in [1.54, 1.807) is 0 Å². The molecular weight excluding hydrogens is 236 g/mol. The zero-order chi connectivity index (χ0) is 13.8. The van der Waals surface area contributed by atoms with Gasteiger partial charge in [-0.2, -0.15) is 0 Å². The summed E-state index contributed by atoms with van der Waals surface area (Å²) in [6, 6.07) is 8.61. The lowest BCUT2D eigenvalue weighted by Crippen LogP contribution is -2.50. The molecule has 2 atom stereocenters.